The fourth-order valence-corrected chi connectivity index (χ4v) is 6.83. The van der Waals surface area contributed by atoms with E-state index < -0.39 is 5.54 Å². The van der Waals surface area contributed by atoms with Crippen molar-refractivity contribution in [2.24, 2.45) is 11.3 Å². The molecule has 3 aromatic rings. The standard InChI is InChI=1S/C33H33N5O2/c34-22-27-1-3-28(4-2-27)29(39)19-30-37-33(20-25-8-15-35-16-9-25,21-26-10-17-36-18-11-26)31(40)38(30)23-32-12-5-24(6-13-32)7-14-32/h1-4,8-11,15-19,24,37H,5-7,12-14,20-21,23H2. The van der Waals surface area contributed by atoms with Crippen LogP contribution in [0.15, 0.2) is 85.2 Å². The summed E-state index contributed by atoms with van der Waals surface area (Å²) < 4.78 is 0. The maximum atomic E-state index is 14.6. The van der Waals surface area contributed by atoms with Crippen molar-refractivity contribution in [3.63, 3.8) is 0 Å². The predicted molar refractivity (Wildman–Crippen MR) is 151 cm³/mol. The SMILES string of the molecule is N#Cc1ccc(C(=O)C=C2NC(Cc3ccncc3)(Cc3ccncc3)C(=O)N2CC23CCC(CC2)CC3)cc1. The first kappa shape index (κ1) is 25.9. The predicted octanol–water partition coefficient (Wildman–Crippen LogP) is 5.00. The van der Waals surface area contributed by atoms with Gasteiger partial charge in [-0.1, -0.05) is 0 Å². The minimum atomic E-state index is -0.956. The molecule has 7 nitrogen and oxygen atoms in total. The number of hydrogen-bond acceptors (Lipinski definition) is 6. The second-order valence-electron chi connectivity index (χ2n) is 11.7. The normalized spacial score (nSPS) is 24.1. The number of nitriles is 1. The van der Waals surface area contributed by atoms with Gasteiger partial charge >= 0.3 is 0 Å². The van der Waals surface area contributed by atoms with Gasteiger partial charge in [0.25, 0.3) is 5.91 Å². The lowest BCUT2D eigenvalue weighted by atomic mass is 9.60. The first-order valence-corrected chi connectivity index (χ1v) is 14.1. The molecule has 7 heteroatoms. The van der Waals surface area contributed by atoms with E-state index in [4.69, 9.17) is 5.26 Å². The zero-order valence-corrected chi connectivity index (χ0v) is 22.6. The Kier molecular flexibility index (Phi) is 6.93. The van der Waals surface area contributed by atoms with E-state index in [2.05, 4.69) is 21.4 Å². The van der Waals surface area contributed by atoms with Crippen molar-refractivity contribution in [1.82, 2.24) is 20.2 Å². The van der Waals surface area contributed by atoms with Gasteiger partial charge in [-0.3, -0.25) is 24.5 Å². The van der Waals surface area contributed by atoms with E-state index in [0.717, 1.165) is 36.3 Å². The highest BCUT2D eigenvalue weighted by molar-refractivity contribution is 6.06. The maximum Gasteiger partial charge on any atom is 0.254 e. The molecule has 4 aliphatic rings. The molecule has 40 heavy (non-hydrogen) atoms. The number of amides is 1. The van der Waals surface area contributed by atoms with Crippen LogP contribution < -0.4 is 5.32 Å². The highest BCUT2D eigenvalue weighted by atomic mass is 16.2. The zero-order valence-electron chi connectivity index (χ0n) is 22.6. The average molecular weight is 532 g/mol. The third-order valence-electron chi connectivity index (χ3n) is 9.13. The second-order valence-corrected chi connectivity index (χ2v) is 11.7. The van der Waals surface area contributed by atoms with Crippen LogP contribution >= 0.6 is 0 Å². The topological polar surface area (TPSA) is 99.0 Å². The molecule has 4 fully saturated rings. The number of nitrogens with one attached hydrogen (secondary N) is 1. The Balaban J connectivity index is 1.40. The van der Waals surface area contributed by atoms with Crippen LogP contribution in [0.1, 0.15) is 65.6 Å². The van der Waals surface area contributed by atoms with Crippen LogP contribution in [0.3, 0.4) is 0 Å². The van der Waals surface area contributed by atoms with Crippen LogP contribution in [-0.2, 0) is 17.6 Å². The van der Waals surface area contributed by atoms with Crippen molar-refractivity contribution < 1.29 is 9.59 Å². The minimum Gasteiger partial charge on any atom is -0.357 e. The van der Waals surface area contributed by atoms with Gasteiger partial charge in [-0.15, -0.1) is 0 Å². The van der Waals surface area contributed by atoms with E-state index in [1.165, 1.54) is 19.3 Å². The number of rotatable bonds is 8. The molecule has 0 spiro atoms. The number of nitrogens with zero attached hydrogens (tertiary/aromatic N) is 4. The van der Waals surface area contributed by atoms with Gasteiger partial charge in [0.1, 0.15) is 11.4 Å². The second kappa shape index (κ2) is 10.7. The molecule has 0 radical (unpaired) electrons. The molecule has 1 saturated heterocycles. The molecular weight excluding hydrogens is 498 g/mol. The molecule has 1 aromatic carbocycles. The van der Waals surface area contributed by atoms with E-state index in [1.54, 1.807) is 55.1 Å². The monoisotopic (exact) mass is 531 g/mol. The molecule has 3 heterocycles. The summed E-state index contributed by atoms with van der Waals surface area (Å²) in [6.45, 7) is 0.618. The van der Waals surface area contributed by atoms with Gasteiger partial charge in [0.05, 0.1) is 11.6 Å². The Morgan fingerprint density at radius 1 is 0.925 bits per heavy atom. The minimum absolute atomic E-state index is 0.00192. The number of aromatic nitrogens is 2. The van der Waals surface area contributed by atoms with Crippen molar-refractivity contribution >= 4 is 11.7 Å². The van der Waals surface area contributed by atoms with Crippen LogP contribution in [0.4, 0.5) is 0 Å². The average Bonchev–Trinajstić information content (AvgIpc) is 3.23. The highest BCUT2D eigenvalue weighted by Gasteiger charge is 2.52. The van der Waals surface area contributed by atoms with E-state index in [0.29, 0.717) is 36.3 Å². The molecule has 3 saturated carbocycles. The van der Waals surface area contributed by atoms with Gasteiger partial charge in [-0.25, -0.2) is 0 Å². The number of pyridine rings is 2. The van der Waals surface area contributed by atoms with Crippen molar-refractivity contribution in [3.05, 3.63) is 107 Å². The zero-order chi connectivity index (χ0) is 27.6. The van der Waals surface area contributed by atoms with E-state index in [1.807, 2.05) is 29.2 Å². The lowest BCUT2D eigenvalue weighted by Gasteiger charge is -2.48. The van der Waals surface area contributed by atoms with Crippen molar-refractivity contribution in [2.75, 3.05) is 6.54 Å². The largest absolute Gasteiger partial charge is 0.357 e. The first-order chi connectivity index (χ1) is 19.5. The van der Waals surface area contributed by atoms with Crippen molar-refractivity contribution in [2.45, 2.75) is 56.9 Å². The summed E-state index contributed by atoms with van der Waals surface area (Å²) in [5, 5.41) is 12.8. The molecule has 2 aromatic heterocycles. The molecule has 0 unspecified atom stereocenters. The third kappa shape index (κ3) is 5.14. The molecule has 3 aliphatic carbocycles. The molecule has 2 bridgehead atoms. The van der Waals surface area contributed by atoms with Crippen molar-refractivity contribution in [3.8, 4) is 6.07 Å². The smallest absolute Gasteiger partial charge is 0.254 e. The van der Waals surface area contributed by atoms with Gasteiger partial charge < -0.3 is 5.32 Å². The molecule has 1 aliphatic heterocycles. The summed E-state index contributed by atoms with van der Waals surface area (Å²) in [4.78, 5) is 38.3. The molecular formula is C33H33N5O2. The fraction of sp³-hybridized carbons (Fsp3) is 0.364. The number of fused-ring (bicyclic) bond motifs is 3. The summed E-state index contributed by atoms with van der Waals surface area (Å²) in [7, 11) is 0. The molecule has 202 valence electrons. The van der Waals surface area contributed by atoms with Crippen LogP contribution in [-0.4, -0.2) is 38.6 Å². The van der Waals surface area contributed by atoms with E-state index >= 15 is 0 Å². The molecule has 7 rings (SSSR count). The van der Waals surface area contributed by atoms with Gasteiger partial charge in [-0.2, -0.15) is 5.26 Å². The van der Waals surface area contributed by atoms with Crippen molar-refractivity contribution in [1.29, 1.82) is 5.26 Å². The lowest BCUT2D eigenvalue weighted by Crippen LogP contribution is -2.52. The summed E-state index contributed by atoms with van der Waals surface area (Å²) in [6.07, 6.45) is 16.5. The number of carbonyl (C=O) groups excluding carboxylic acids is 2. The van der Waals surface area contributed by atoms with E-state index in [9.17, 15) is 9.59 Å². The van der Waals surface area contributed by atoms with Crippen LogP contribution in [0, 0.1) is 22.7 Å². The summed E-state index contributed by atoms with van der Waals surface area (Å²) in [6, 6.07) is 16.5. The summed E-state index contributed by atoms with van der Waals surface area (Å²) >= 11 is 0. The summed E-state index contributed by atoms with van der Waals surface area (Å²) in [5.41, 5.74) is 2.12. The molecule has 0 atom stereocenters. The Labute approximate surface area is 235 Å². The molecule has 1 amide bonds. The first-order valence-electron chi connectivity index (χ1n) is 14.1. The number of ketones is 1. The van der Waals surface area contributed by atoms with E-state index in [-0.39, 0.29) is 17.1 Å². The van der Waals surface area contributed by atoms with Crippen LogP contribution in [0.25, 0.3) is 0 Å². The van der Waals surface area contributed by atoms with Crippen LogP contribution in [0.5, 0.6) is 0 Å². The van der Waals surface area contributed by atoms with Gasteiger partial charge in [0.2, 0.25) is 0 Å². The quantitative estimate of drug-likeness (QED) is 0.325. The summed E-state index contributed by atoms with van der Waals surface area (Å²) in [5.74, 6) is 1.18. The number of carbonyl (C=O) groups is 2. The fourth-order valence-electron chi connectivity index (χ4n) is 6.83. The number of benzene rings is 1. The third-order valence-corrected chi connectivity index (χ3v) is 9.13. The maximum absolute atomic E-state index is 14.6. The Hall–Kier alpha value is -4.31. The van der Waals surface area contributed by atoms with Crippen LogP contribution in [0.2, 0.25) is 0 Å². The van der Waals surface area contributed by atoms with Gasteiger partial charge in [0.15, 0.2) is 5.78 Å². The highest BCUT2D eigenvalue weighted by Crippen LogP contribution is 2.51. The Morgan fingerprint density at radius 3 is 2.00 bits per heavy atom. The Bertz CT molecular complexity index is 1400. The molecule has 1 N–H and O–H groups in total. The van der Waals surface area contributed by atoms with Gasteiger partial charge in [0, 0.05) is 55.8 Å². The van der Waals surface area contributed by atoms with Gasteiger partial charge in [-0.05, 0) is 110 Å². The lowest BCUT2D eigenvalue weighted by molar-refractivity contribution is -0.134. The number of hydrogen-bond donors (Lipinski definition) is 1. The number of allylic oxidation sites excluding steroid dienone is 1. The Morgan fingerprint density at radius 2 is 1.48 bits per heavy atom.